The number of carbonyl (C=O) groups is 1. The summed E-state index contributed by atoms with van der Waals surface area (Å²) in [4.78, 5) is 14.3. The van der Waals surface area contributed by atoms with Gasteiger partial charge in [0.2, 0.25) is 0 Å². The lowest BCUT2D eigenvalue weighted by Gasteiger charge is -2.33. The summed E-state index contributed by atoms with van der Waals surface area (Å²) in [5, 5.41) is 21.4. The van der Waals surface area contributed by atoms with E-state index < -0.39 is 18.2 Å². The van der Waals surface area contributed by atoms with Crippen LogP contribution in [0.4, 0.5) is 5.69 Å². The molecule has 4 rings (SSSR count). The monoisotopic (exact) mass is 587 g/mol. The van der Waals surface area contributed by atoms with Crippen molar-refractivity contribution in [2.24, 2.45) is 0 Å². The van der Waals surface area contributed by atoms with E-state index >= 15 is 0 Å². The Morgan fingerprint density at radius 2 is 1.56 bits per heavy atom. The fourth-order valence-electron chi connectivity index (χ4n) is 6.37. The highest BCUT2D eigenvalue weighted by Gasteiger charge is 2.37. The Labute approximate surface area is 257 Å². The number of aliphatic hydroxyl groups excluding tert-OH is 2. The van der Waals surface area contributed by atoms with E-state index in [1.807, 2.05) is 0 Å². The maximum Gasteiger partial charge on any atom is 0.308 e. The first-order valence-electron chi connectivity index (χ1n) is 15.7. The molecule has 1 aliphatic heterocycles. The largest absolute Gasteiger partial charge is 0.487 e. The summed E-state index contributed by atoms with van der Waals surface area (Å²) in [5.41, 5.74) is 8.30. The molecule has 0 aliphatic carbocycles. The van der Waals surface area contributed by atoms with Crippen molar-refractivity contribution in [1.82, 2.24) is 0 Å². The van der Waals surface area contributed by atoms with Gasteiger partial charge >= 0.3 is 5.97 Å². The van der Waals surface area contributed by atoms with Crippen LogP contribution in [-0.4, -0.2) is 40.6 Å². The van der Waals surface area contributed by atoms with Crippen molar-refractivity contribution in [3.8, 4) is 5.75 Å². The first kappa shape index (κ1) is 32.6. The topological polar surface area (TPSA) is 79.2 Å². The van der Waals surface area contributed by atoms with Gasteiger partial charge < -0.3 is 24.6 Å². The van der Waals surface area contributed by atoms with E-state index in [0.29, 0.717) is 12.8 Å². The predicted octanol–water partition coefficient (Wildman–Crippen LogP) is 7.04. The van der Waals surface area contributed by atoms with Gasteiger partial charge in [-0.3, -0.25) is 4.79 Å². The number of hydrogen-bond donors (Lipinski definition) is 2. The number of rotatable bonds is 14. The van der Waals surface area contributed by atoms with Gasteiger partial charge in [0.15, 0.2) is 0 Å². The maximum absolute atomic E-state index is 11.8. The molecule has 232 valence electrons. The molecule has 0 fully saturated rings. The van der Waals surface area contributed by atoms with Crippen molar-refractivity contribution in [1.29, 1.82) is 0 Å². The SMILES string of the molecule is CCOC(=O)CC(O)CC(O)CCc1c2c(c(C)c(N(Cc3ccccc3)Cc3ccccc3)c1C(C)C)CC(C)(C)O2. The third-order valence-corrected chi connectivity index (χ3v) is 8.22. The molecule has 3 aromatic rings. The second kappa shape index (κ2) is 14.4. The van der Waals surface area contributed by atoms with Gasteiger partial charge in [-0.15, -0.1) is 0 Å². The quantitative estimate of drug-likeness (QED) is 0.197. The van der Waals surface area contributed by atoms with Crippen LogP contribution in [0, 0.1) is 6.92 Å². The number of aliphatic hydroxyl groups is 2. The molecule has 0 saturated carbocycles. The number of ether oxygens (including phenoxy) is 2. The molecule has 43 heavy (non-hydrogen) atoms. The van der Waals surface area contributed by atoms with Crippen LogP contribution in [0.15, 0.2) is 60.7 Å². The average molecular weight is 588 g/mol. The van der Waals surface area contributed by atoms with Crippen LogP contribution in [0.5, 0.6) is 5.75 Å². The summed E-state index contributed by atoms with van der Waals surface area (Å²) in [7, 11) is 0. The Kier molecular flexibility index (Phi) is 10.9. The van der Waals surface area contributed by atoms with Crippen molar-refractivity contribution in [3.05, 3.63) is 94.0 Å². The lowest BCUT2D eigenvalue weighted by Crippen LogP contribution is -2.26. The standard InChI is InChI=1S/C37H49NO5/c1-7-42-33(41)21-30(40)20-29(39)18-19-31-34(25(2)3)35(26(4)32-22-37(5,6)43-36(31)32)38(23-27-14-10-8-11-15-27)24-28-16-12-9-13-17-28/h8-17,25,29-30,39-40H,7,18-24H2,1-6H3. The zero-order valence-corrected chi connectivity index (χ0v) is 26.7. The Morgan fingerprint density at radius 3 is 2.09 bits per heavy atom. The minimum atomic E-state index is -0.944. The number of esters is 1. The first-order valence-corrected chi connectivity index (χ1v) is 15.7. The van der Waals surface area contributed by atoms with E-state index in [-0.39, 0.29) is 31.0 Å². The number of fused-ring (bicyclic) bond motifs is 1. The lowest BCUT2D eigenvalue weighted by molar-refractivity contribution is -0.145. The smallest absolute Gasteiger partial charge is 0.308 e. The highest BCUT2D eigenvalue weighted by atomic mass is 16.5. The second-order valence-corrected chi connectivity index (χ2v) is 12.8. The fourth-order valence-corrected chi connectivity index (χ4v) is 6.37. The van der Waals surface area contributed by atoms with Gasteiger partial charge in [-0.05, 0) is 75.1 Å². The van der Waals surface area contributed by atoms with E-state index in [1.165, 1.54) is 33.5 Å². The zero-order valence-electron chi connectivity index (χ0n) is 26.7. The minimum Gasteiger partial charge on any atom is -0.487 e. The highest BCUT2D eigenvalue weighted by Crippen LogP contribution is 2.49. The van der Waals surface area contributed by atoms with Crippen LogP contribution >= 0.6 is 0 Å². The molecule has 6 heteroatoms. The van der Waals surface area contributed by atoms with E-state index in [4.69, 9.17) is 9.47 Å². The summed E-state index contributed by atoms with van der Waals surface area (Å²) < 4.78 is 11.6. The number of hydrogen-bond acceptors (Lipinski definition) is 6. The molecule has 0 radical (unpaired) electrons. The molecule has 1 heterocycles. The molecule has 0 bridgehead atoms. The van der Waals surface area contributed by atoms with Gasteiger partial charge in [0.1, 0.15) is 11.4 Å². The maximum atomic E-state index is 11.8. The zero-order chi connectivity index (χ0) is 31.1. The molecular weight excluding hydrogens is 538 g/mol. The van der Waals surface area contributed by atoms with Crippen LogP contribution < -0.4 is 9.64 Å². The summed E-state index contributed by atoms with van der Waals surface area (Å²) in [6.07, 6.45) is 0.184. The van der Waals surface area contributed by atoms with E-state index in [1.54, 1.807) is 6.92 Å². The Hall–Kier alpha value is -3.35. The van der Waals surface area contributed by atoms with Crippen LogP contribution in [0.2, 0.25) is 0 Å². The fraction of sp³-hybridized carbons (Fsp3) is 0.486. The van der Waals surface area contributed by atoms with E-state index in [9.17, 15) is 15.0 Å². The molecule has 1 aliphatic rings. The van der Waals surface area contributed by atoms with Crippen LogP contribution in [0.1, 0.15) is 93.2 Å². The third-order valence-electron chi connectivity index (χ3n) is 8.22. The number of anilines is 1. The van der Waals surface area contributed by atoms with Crippen LogP contribution in [-0.2, 0) is 35.5 Å². The van der Waals surface area contributed by atoms with Gasteiger partial charge in [0.05, 0.1) is 25.2 Å². The Balaban J connectivity index is 1.75. The predicted molar refractivity (Wildman–Crippen MR) is 173 cm³/mol. The number of benzene rings is 3. The molecular formula is C37H49NO5. The molecule has 0 aromatic heterocycles. The second-order valence-electron chi connectivity index (χ2n) is 12.8. The molecule has 2 atom stereocenters. The van der Waals surface area contributed by atoms with Gasteiger partial charge in [-0.25, -0.2) is 0 Å². The van der Waals surface area contributed by atoms with Gasteiger partial charge in [0.25, 0.3) is 0 Å². The number of nitrogens with zero attached hydrogens (tertiary/aromatic N) is 1. The van der Waals surface area contributed by atoms with Crippen molar-refractivity contribution < 1.29 is 24.5 Å². The van der Waals surface area contributed by atoms with Crippen molar-refractivity contribution in [2.45, 2.75) is 110 Å². The van der Waals surface area contributed by atoms with Crippen molar-refractivity contribution in [3.63, 3.8) is 0 Å². The van der Waals surface area contributed by atoms with E-state index in [0.717, 1.165) is 30.8 Å². The molecule has 0 amide bonds. The van der Waals surface area contributed by atoms with Crippen molar-refractivity contribution in [2.75, 3.05) is 11.5 Å². The van der Waals surface area contributed by atoms with Crippen molar-refractivity contribution >= 4 is 11.7 Å². The minimum absolute atomic E-state index is 0.114. The Bertz CT molecular complexity index is 1310. The first-order chi connectivity index (χ1) is 20.5. The molecule has 0 spiro atoms. The number of carbonyl (C=O) groups excluding carboxylic acids is 1. The normalized spacial score (nSPS) is 15.1. The van der Waals surface area contributed by atoms with Gasteiger partial charge in [-0.1, -0.05) is 74.5 Å². The van der Waals surface area contributed by atoms with Gasteiger partial charge in [-0.2, -0.15) is 0 Å². The third kappa shape index (κ3) is 8.39. The molecule has 2 unspecified atom stereocenters. The lowest BCUT2D eigenvalue weighted by atomic mass is 9.84. The van der Waals surface area contributed by atoms with E-state index in [2.05, 4.69) is 100 Å². The van der Waals surface area contributed by atoms with Crippen LogP contribution in [0.25, 0.3) is 0 Å². The summed E-state index contributed by atoms with van der Waals surface area (Å²) in [6, 6.07) is 21.2. The molecule has 0 saturated heterocycles. The molecule has 3 aromatic carbocycles. The molecule has 6 nitrogen and oxygen atoms in total. The van der Waals surface area contributed by atoms with Gasteiger partial charge in [0, 0.05) is 36.3 Å². The Morgan fingerprint density at radius 1 is 0.977 bits per heavy atom. The summed E-state index contributed by atoms with van der Waals surface area (Å²) in [5.74, 6) is 0.716. The summed E-state index contributed by atoms with van der Waals surface area (Å²) >= 11 is 0. The highest BCUT2D eigenvalue weighted by molar-refractivity contribution is 5.72. The average Bonchev–Trinajstić information content (AvgIpc) is 3.28. The van der Waals surface area contributed by atoms with Crippen LogP contribution in [0.3, 0.4) is 0 Å². The molecule has 2 N–H and O–H groups in total. The summed E-state index contributed by atoms with van der Waals surface area (Å²) in [6.45, 7) is 14.5.